The quantitative estimate of drug-likeness (QED) is 0.410. The second kappa shape index (κ2) is 5.73. The molecule has 0 radical (unpaired) electrons. The highest BCUT2D eigenvalue weighted by Gasteiger charge is 2.34. The second-order valence-electron chi connectivity index (χ2n) is 4.56. The van der Waals surface area contributed by atoms with E-state index >= 15 is 0 Å². The number of rotatable bonds is 4. The molecule has 84 valence electrons. The maximum absolute atomic E-state index is 8.30. The van der Waals surface area contributed by atoms with Gasteiger partial charge in [-0.15, -0.1) is 5.92 Å². The van der Waals surface area contributed by atoms with Crippen LogP contribution in [0.4, 0.5) is 0 Å². The monoisotopic (exact) mass is 215 g/mol. The van der Waals surface area contributed by atoms with Crippen LogP contribution in [0.15, 0.2) is 12.2 Å². The standard InChI is InChI=1S/C14H17NO/c15-7-3-9-16-8-2-1-4-13-10-12-5-6-14(13)11-12/h5-6,12-14H,3-4,8-11H2/t12-,13+,14-/m1/s1. The molecule has 2 bridgehead atoms. The summed E-state index contributed by atoms with van der Waals surface area (Å²) in [6.07, 6.45) is 8.87. The summed E-state index contributed by atoms with van der Waals surface area (Å²) < 4.78 is 5.19. The Hall–Kier alpha value is -1.25. The van der Waals surface area contributed by atoms with Gasteiger partial charge < -0.3 is 4.74 Å². The van der Waals surface area contributed by atoms with E-state index in [-0.39, 0.29) is 0 Å². The van der Waals surface area contributed by atoms with E-state index in [9.17, 15) is 0 Å². The van der Waals surface area contributed by atoms with Crippen LogP contribution in [0.1, 0.15) is 25.7 Å². The van der Waals surface area contributed by atoms with Crippen molar-refractivity contribution < 1.29 is 4.74 Å². The summed E-state index contributed by atoms with van der Waals surface area (Å²) in [6.45, 7) is 0.973. The van der Waals surface area contributed by atoms with Crippen LogP contribution in [0, 0.1) is 40.9 Å². The van der Waals surface area contributed by atoms with Crippen molar-refractivity contribution in [3.63, 3.8) is 0 Å². The molecule has 2 nitrogen and oxygen atoms in total. The molecule has 1 saturated carbocycles. The smallest absolute Gasteiger partial charge is 0.107 e. The topological polar surface area (TPSA) is 33.0 Å². The first kappa shape index (κ1) is 11.2. The zero-order chi connectivity index (χ0) is 11.2. The normalized spacial score (nSPS) is 29.8. The van der Waals surface area contributed by atoms with Crippen molar-refractivity contribution >= 4 is 0 Å². The van der Waals surface area contributed by atoms with Gasteiger partial charge in [-0.05, 0) is 30.6 Å². The van der Waals surface area contributed by atoms with E-state index in [2.05, 4.69) is 24.0 Å². The molecule has 0 aliphatic heterocycles. The SMILES string of the molecule is N#CCCOCC#CC[C@H]1C[C@H]2C=C[C@@H]1C2. The number of hydrogen-bond acceptors (Lipinski definition) is 2. The summed E-state index contributed by atoms with van der Waals surface area (Å²) in [5.41, 5.74) is 0. The van der Waals surface area contributed by atoms with Crippen molar-refractivity contribution in [3.8, 4) is 17.9 Å². The van der Waals surface area contributed by atoms with Gasteiger partial charge in [-0.1, -0.05) is 18.1 Å². The summed E-state index contributed by atoms with van der Waals surface area (Å²) in [6, 6.07) is 2.04. The highest BCUT2D eigenvalue weighted by molar-refractivity contribution is 5.13. The Morgan fingerprint density at radius 1 is 1.25 bits per heavy atom. The van der Waals surface area contributed by atoms with Gasteiger partial charge in [0, 0.05) is 6.42 Å². The Kier molecular flexibility index (Phi) is 4.03. The molecule has 0 heterocycles. The number of nitriles is 1. The average Bonchev–Trinajstić information content (AvgIpc) is 2.90. The summed E-state index contributed by atoms with van der Waals surface area (Å²) in [4.78, 5) is 0. The number of hydrogen-bond donors (Lipinski definition) is 0. The Bertz CT molecular complexity index is 355. The molecular weight excluding hydrogens is 198 g/mol. The number of ether oxygens (including phenoxy) is 1. The Balaban J connectivity index is 1.59. The molecule has 0 aromatic rings. The van der Waals surface area contributed by atoms with Crippen LogP contribution in [0.5, 0.6) is 0 Å². The van der Waals surface area contributed by atoms with Crippen molar-refractivity contribution in [3.05, 3.63) is 12.2 Å². The lowest BCUT2D eigenvalue weighted by atomic mass is 9.91. The van der Waals surface area contributed by atoms with Crippen molar-refractivity contribution in [1.82, 2.24) is 0 Å². The van der Waals surface area contributed by atoms with Crippen molar-refractivity contribution in [2.45, 2.75) is 25.7 Å². The molecule has 0 spiro atoms. The minimum Gasteiger partial charge on any atom is -0.368 e. The highest BCUT2D eigenvalue weighted by atomic mass is 16.5. The van der Waals surface area contributed by atoms with Crippen molar-refractivity contribution in [1.29, 1.82) is 5.26 Å². The zero-order valence-electron chi connectivity index (χ0n) is 9.48. The number of allylic oxidation sites excluding steroid dienone is 2. The Labute approximate surface area is 97.3 Å². The van der Waals surface area contributed by atoms with Crippen LogP contribution in [0.3, 0.4) is 0 Å². The van der Waals surface area contributed by atoms with E-state index in [1.807, 2.05) is 6.07 Å². The molecule has 16 heavy (non-hydrogen) atoms. The van der Waals surface area contributed by atoms with Crippen LogP contribution in [-0.2, 0) is 4.74 Å². The fourth-order valence-corrected chi connectivity index (χ4v) is 2.62. The minimum absolute atomic E-state index is 0.457. The van der Waals surface area contributed by atoms with E-state index in [0.717, 1.165) is 24.2 Å². The zero-order valence-corrected chi connectivity index (χ0v) is 9.48. The maximum Gasteiger partial charge on any atom is 0.107 e. The molecule has 0 aromatic heterocycles. The van der Waals surface area contributed by atoms with E-state index in [0.29, 0.717) is 19.6 Å². The van der Waals surface area contributed by atoms with Crippen molar-refractivity contribution in [2.75, 3.05) is 13.2 Å². The van der Waals surface area contributed by atoms with E-state index in [4.69, 9.17) is 10.00 Å². The molecule has 0 unspecified atom stereocenters. The van der Waals surface area contributed by atoms with Crippen LogP contribution < -0.4 is 0 Å². The average molecular weight is 215 g/mol. The lowest BCUT2D eigenvalue weighted by Gasteiger charge is -2.14. The molecule has 2 aliphatic rings. The number of fused-ring (bicyclic) bond motifs is 2. The first-order chi connectivity index (χ1) is 7.90. The summed E-state index contributed by atoms with van der Waals surface area (Å²) in [5, 5.41) is 8.30. The Morgan fingerprint density at radius 2 is 2.19 bits per heavy atom. The first-order valence-electron chi connectivity index (χ1n) is 5.99. The molecular formula is C14H17NO. The minimum atomic E-state index is 0.457. The lowest BCUT2D eigenvalue weighted by Crippen LogP contribution is -2.05. The van der Waals surface area contributed by atoms with Crippen LogP contribution in [0.25, 0.3) is 0 Å². The summed E-state index contributed by atoms with van der Waals surface area (Å²) in [7, 11) is 0. The highest BCUT2D eigenvalue weighted by Crippen LogP contribution is 2.44. The molecule has 0 amide bonds. The van der Waals surface area contributed by atoms with Gasteiger partial charge in [0.1, 0.15) is 6.61 Å². The molecule has 2 aliphatic carbocycles. The predicted octanol–water partition coefficient (Wildman–Crippen LogP) is 2.52. The van der Waals surface area contributed by atoms with E-state index in [1.54, 1.807) is 0 Å². The van der Waals surface area contributed by atoms with Gasteiger partial charge >= 0.3 is 0 Å². The van der Waals surface area contributed by atoms with Gasteiger partial charge in [0.25, 0.3) is 0 Å². The fraction of sp³-hybridized carbons (Fsp3) is 0.643. The molecule has 2 heteroatoms. The first-order valence-corrected chi connectivity index (χ1v) is 5.99. The van der Waals surface area contributed by atoms with Gasteiger partial charge in [-0.25, -0.2) is 0 Å². The fourth-order valence-electron chi connectivity index (χ4n) is 2.62. The maximum atomic E-state index is 8.30. The molecule has 0 aromatic carbocycles. The second-order valence-corrected chi connectivity index (χ2v) is 4.56. The van der Waals surface area contributed by atoms with Gasteiger partial charge in [0.15, 0.2) is 0 Å². The largest absolute Gasteiger partial charge is 0.368 e. The predicted molar refractivity (Wildman–Crippen MR) is 62.3 cm³/mol. The summed E-state index contributed by atoms with van der Waals surface area (Å²) in [5.74, 6) is 8.63. The summed E-state index contributed by atoms with van der Waals surface area (Å²) >= 11 is 0. The van der Waals surface area contributed by atoms with Crippen LogP contribution >= 0.6 is 0 Å². The molecule has 2 rings (SSSR count). The third-order valence-electron chi connectivity index (χ3n) is 3.44. The molecule has 0 N–H and O–H groups in total. The van der Waals surface area contributed by atoms with E-state index in [1.165, 1.54) is 12.8 Å². The van der Waals surface area contributed by atoms with Gasteiger partial charge in [-0.3, -0.25) is 0 Å². The van der Waals surface area contributed by atoms with Gasteiger partial charge in [0.05, 0.1) is 19.1 Å². The van der Waals surface area contributed by atoms with Crippen molar-refractivity contribution in [2.24, 2.45) is 17.8 Å². The van der Waals surface area contributed by atoms with Crippen LogP contribution in [-0.4, -0.2) is 13.2 Å². The molecule has 3 atom stereocenters. The Morgan fingerprint density at radius 3 is 2.88 bits per heavy atom. The molecule has 1 fully saturated rings. The van der Waals surface area contributed by atoms with Crippen LogP contribution in [0.2, 0.25) is 0 Å². The molecule has 0 saturated heterocycles. The van der Waals surface area contributed by atoms with Gasteiger partial charge in [0.2, 0.25) is 0 Å². The number of nitrogens with zero attached hydrogens (tertiary/aromatic N) is 1. The third kappa shape index (κ3) is 2.87. The van der Waals surface area contributed by atoms with E-state index < -0.39 is 0 Å². The van der Waals surface area contributed by atoms with Gasteiger partial charge in [-0.2, -0.15) is 5.26 Å². The lowest BCUT2D eigenvalue weighted by molar-refractivity contribution is 0.173. The third-order valence-corrected chi connectivity index (χ3v) is 3.44.